The number of carbonyl (C=O) groups is 1. The molecule has 1 amide bonds. The first-order valence-corrected chi connectivity index (χ1v) is 10.2. The van der Waals surface area contributed by atoms with E-state index in [2.05, 4.69) is 58.8 Å². The lowest BCUT2D eigenvalue weighted by molar-refractivity contribution is -0.129. The van der Waals surface area contributed by atoms with Gasteiger partial charge in [-0.15, -0.1) is 10.2 Å². The van der Waals surface area contributed by atoms with E-state index in [1.54, 1.807) is 0 Å². The molecule has 7 heteroatoms. The first-order chi connectivity index (χ1) is 12.6. The van der Waals surface area contributed by atoms with E-state index in [4.69, 9.17) is 0 Å². The number of amides is 1. The number of likely N-dealkylation sites (N-methyl/N-ethyl adjacent to an activating group) is 1. The lowest BCUT2D eigenvalue weighted by Gasteiger charge is -2.32. The number of benzene rings is 1. The third-order valence-electron chi connectivity index (χ3n) is 4.62. The molecule has 1 saturated heterocycles. The molecular weight excluding hydrogens is 346 g/mol. The Labute approximate surface area is 159 Å². The summed E-state index contributed by atoms with van der Waals surface area (Å²) in [5, 5.41) is 9.60. The number of aryl methyl sites for hydroxylation is 1. The van der Waals surface area contributed by atoms with Gasteiger partial charge in [0.1, 0.15) is 0 Å². The molecule has 1 aromatic carbocycles. The molecule has 0 saturated carbocycles. The second kappa shape index (κ2) is 8.68. The minimum Gasteiger partial charge on any atom is -0.339 e. The summed E-state index contributed by atoms with van der Waals surface area (Å²) < 4.78 is 2.14. The average Bonchev–Trinajstić information content (AvgIpc) is 3.03. The Kier molecular flexibility index (Phi) is 6.32. The Morgan fingerprint density at radius 2 is 1.96 bits per heavy atom. The summed E-state index contributed by atoms with van der Waals surface area (Å²) in [6.45, 7) is 8.58. The molecule has 0 aliphatic carbocycles. The van der Waals surface area contributed by atoms with E-state index < -0.39 is 0 Å². The van der Waals surface area contributed by atoms with Crippen LogP contribution < -0.4 is 0 Å². The normalized spacial score (nSPS) is 15.4. The third kappa shape index (κ3) is 4.45. The Hall–Kier alpha value is -1.86. The lowest BCUT2D eigenvalue weighted by atomic mass is 10.1. The van der Waals surface area contributed by atoms with Crippen molar-refractivity contribution in [3.63, 3.8) is 0 Å². The van der Waals surface area contributed by atoms with E-state index in [1.807, 2.05) is 11.0 Å². The molecule has 1 fully saturated rings. The molecule has 1 aliphatic heterocycles. The van der Waals surface area contributed by atoms with E-state index >= 15 is 0 Å². The average molecular weight is 374 g/mol. The number of thioether (sulfide) groups is 1. The summed E-state index contributed by atoms with van der Waals surface area (Å²) >= 11 is 1.49. The summed E-state index contributed by atoms with van der Waals surface area (Å²) in [5.41, 5.74) is 2.27. The number of nitrogens with zero attached hydrogens (tertiary/aromatic N) is 5. The largest absolute Gasteiger partial charge is 0.339 e. The zero-order valence-corrected chi connectivity index (χ0v) is 16.6. The molecule has 2 heterocycles. The van der Waals surface area contributed by atoms with Crippen molar-refractivity contribution in [1.29, 1.82) is 0 Å². The van der Waals surface area contributed by atoms with Crippen LogP contribution in [-0.2, 0) is 11.3 Å². The van der Waals surface area contributed by atoms with Crippen LogP contribution in [0.5, 0.6) is 0 Å². The predicted octanol–water partition coefficient (Wildman–Crippen LogP) is 2.53. The molecule has 0 bridgehead atoms. The Morgan fingerprint density at radius 1 is 1.19 bits per heavy atom. The Morgan fingerprint density at radius 3 is 2.65 bits per heavy atom. The molecule has 0 atom stereocenters. The summed E-state index contributed by atoms with van der Waals surface area (Å²) in [6, 6.07) is 8.31. The molecule has 0 unspecified atom stereocenters. The monoisotopic (exact) mass is 373 g/mol. The molecule has 1 aromatic heterocycles. The van der Waals surface area contributed by atoms with Crippen LogP contribution in [0.4, 0.5) is 0 Å². The van der Waals surface area contributed by atoms with Crippen molar-refractivity contribution in [2.75, 3.05) is 39.0 Å². The fourth-order valence-corrected chi connectivity index (χ4v) is 3.96. The van der Waals surface area contributed by atoms with Crippen molar-refractivity contribution in [2.24, 2.45) is 0 Å². The van der Waals surface area contributed by atoms with Gasteiger partial charge in [-0.05, 0) is 26.5 Å². The number of piperazine rings is 1. The topological polar surface area (TPSA) is 54.3 Å². The molecule has 3 rings (SSSR count). The number of hydrogen-bond acceptors (Lipinski definition) is 5. The minimum atomic E-state index is 0.186. The van der Waals surface area contributed by atoms with E-state index in [9.17, 15) is 4.79 Å². The number of rotatable bonds is 6. The molecular formula is C19H27N5OS. The van der Waals surface area contributed by atoms with Crippen LogP contribution in [0.2, 0.25) is 0 Å². The van der Waals surface area contributed by atoms with Crippen molar-refractivity contribution < 1.29 is 4.79 Å². The fourth-order valence-electron chi connectivity index (χ4n) is 3.09. The highest BCUT2D eigenvalue weighted by molar-refractivity contribution is 7.99. The van der Waals surface area contributed by atoms with Gasteiger partial charge in [0.25, 0.3) is 0 Å². The Bertz CT molecular complexity index is 752. The van der Waals surface area contributed by atoms with Gasteiger partial charge < -0.3 is 14.4 Å². The number of hydrogen-bond donors (Lipinski definition) is 0. The third-order valence-corrected chi connectivity index (χ3v) is 5.57. The zero-order valence-electron chi connectivity index (χ0n) is 15.8. The SMILES string of the molecule is CCCn1c(SCC(=O)N2CCN(C)CC2)nnc1-c1cccc(C)c1. The van der Waals surface area contributed by atoms with E-state index in [0.29, 0.717) is 5.75 Å². The highest BCUT2D eigenvalue weighted by Crippen LogP contribution is 2.25. The van der Waals surface area contributed by atoms with Crippen molar-refractivity contribution in [3.8, 4) is 11.4 Å². The summed E-state index contributed by atoms with van der Waals surface area (Å²) in [7, 11) is 2.09. The van der Waals surface area contributed by atoms with Gasteiger partial charge in [-0.1, -0.05) is 42.4 Å². The van der Waals surface area contributed by atoms with Gasteiger partial charge in [-0.3, -0.25) is 4.79 Å². The van der Waals surface area contributed by atoms with Crippen molar-refractivity contribution >= 4 is 17.7 Å². The molecule has 6 nitrogen and oxygen atoms in total. The van der Waals surface area contributed by atoms with Crippen molar-refractivity contribution in [2.45, 2.75) is 32.0 Å². The van der Waals surface area contributed by atoms with Gasteiger partial charge in [-0.2, -0.15) is 0 Å². The van der Waals surface area contributed by atoms with Gasteiger partial charge in [0.05, 0.1) is 5.75 Å². The quantitative estimate of drug-likeness (QED) is 0.729. The Balaban J connectivity index is 1.71. The lowest BCUT2D eigenvalue weighted by Crippen LogP contribution is -2.47. The highest BCUT2D eigenvalue weighted by Gasteiger charge is 2.21. The van der Waals surface area contributed by atoms with Crippen LogP contribution in [0.15, 0.2) is 29.4 Å². The fraction of sp³-hybridized carbons (Fsp3) is 0.526. The van der Waals surface area contributed by atoms with Gasteiger partial charge in [0, 0.05) is 38.3 Å². The van der Waals surface area contributed by atoms with Gasteiger partial charge >= 0.3 is 0 Å². The van der Waals surface area contributed by atoms with Crippen LogP contribution in [0.1, 0.15) is 18.9 Å². The molecule has 1 aliphatic rings. The maximum absolute atomic E-state index is 12.5. The van der Waals surface area contributed by atoms with Crippen molar-refractivity contribution in [1.82, 2.24) is 24.6 Å². The highest BCUT2D eigenvalue weighted by atomic mass is 32.2. The van der Waals surface area contributed by atoms with Crippen LogP contribution in [0, 0.1) is 6.92 Å². The zero-order chi connectivity index (χ0) is 18.5. The van der Waals surface area contributed by atoms with Gasteiger partial charge in [0.15, 0.2) is 11.0 Å². The number of carbonyl (C=O) groups excluding carboxylic acids is 1. The van der Waals surface area contributed by atoms with Crippen molar-refractivity contribution in [3.05, 3.63) is 29.8 Å². The van der Waals surface area contributed by atoms with Crippen LogP contribution in [0.25, 0.3) is 11.4 Å². The van der Waals surface area contributed by atoms with E-state index in [1.165, 1.54) is 17.3 Å². The standard InChI is InChI=1S/C19H27N5OS/c1-4-8-24-18(16-7-5-6-15(2)13-16)20-21-19(24)26-14-17(25)23-11-9-22(3)10-12-23/h5-7,13H,4,8-12,14H2,1-3H3. The minimum absolute atomic E-state index is 0.186. The molecule has 0 spiro atoms. The molecule has 140 valence electrons. The molecule has 26 heavy (non-hydrogen) atoms. The second-order valence-corrected chi connectivity index (χ2v) is 7.74. The predicted molar refractivity (Wildman–Crippen MR) is 105 cm³/mol. The summed E-state index contributed by atoms with van der Waals surface area (Å²) in [5.74, 6) is 1.48. The first-order valence-electron chi connectivity index (χ1n) is 9.18. The molecule has 2 aromatic rings. The van der Waals surface area contributed by atoms with E-state index in [-0.39, 0.29) is 5.91 Å². The van der Waals surface area contributed by atoms with Gasteiger partial charge in [-0.25, -0.2) is 0 Å². The number of aromatic nitrogens is 3. The maximum Gasteiger partial charge on any atom is 0.233 e. The maximum atomic E-state index is 12.5. The van der Waals surface area contributed by atoms with Crippen LogP contribution in [0.3, 0.4) is 0 Å². The summed E-state index contributed by atoms with van der Waals surface area (Å²) in [4.78, 5) is 16.7. The molecule has 0 N–H and O–H groups in total. The van der Waals surface area contributed by atoms with Gasteiger partial charge in [0.2, 0.25) is 5.91 Å². The first kappa shape index (κ1) is 18.9. The van der Waals surface area contributed by atoms with E-state index in [0.717, 1.165) is 55.7 Å². The van der Waals surface area contributed by atoms with Crippen LogP contribution >= 0.6 is 11.8 Å². The second-order valence-electron chi connectivity index (χ2n) is 6.80. The molecule has 0 radical (unpaired) electrons. The van der Waals surface area contributed by atoms with Crippen LogP contribution in [-0.4, -0.2) is 69.5 Å². The smallest absolute Gasteiger partial charge is 0.233 e. The summed E-state index contributed by atoms with van der Waals surface area (Å²) in [6.07, 6.45) is 0.997.